The molecule has 1 aliphatic rings. The topological polar surface area (TPSA) is 52.2 Å². The Hall–Kier alpha value is -2.18. The van der Waals surface area contributed by atoms with Gasteiger partial charge in [-0.2, -0.15) is 5.10 Å². The van der Waals surface area contributed by atoms with Crippen molar-refractivity contribution in [2.24, 2.45) is 4.99 Å². The molecule has 2 aromatic heterocycles. The monoisotopic (exact) mass is 344 g/mol. The number of halogens is 1. The minimum atomic E-state index is -0.00539. The average Bonchev–Trinajstić information content (AvgIpc) is 3.21. The van der Waals surface area contributed by atoms with Crippen molar-refractivity contribution < 1.29 is 0 Å². The summed E-state index contributed by atoms with van der Waals surface area (Å²) >= 11 is 7.90. The molecular weight excluding hydrogens is 332 g/mol. The Kier molecular flexibility index (Phi) is 3.43. The van der Waals surface area contributed by atoms with Crippen molar-refractivity contribution >= 4 is 29.0 Å². The Labute approximate surface area is 140 Å². The zero-order valence-corrected chi connectivity index (χ0v) is 13.9. The Morgan fingerprint density at radius 1 is 1.30 bits per heavy atom. The van der Waals surface area contributed by atoms with Gasteiger partial charge in [0.25, 0.3) is 5.56 Å². The van der Waals surface area contributed by atoms with Gasteiger partial charge in [0.15, 0.2) is 4.80 Å². The summed E-state index contributed by atoms with van der Waals surface area (Å²) in [5.41, 5.74) is 2.44. The fourth-order valence-corrected chi connectivity index (χ4v) is 3.95. The summed E-state index contributed by atoms with van der Waals surface area (Å²) in [5, 5.41) is 5.00. The molecule has 0 N–H and O–H groups in total. The number of hydrogen-bond donors (Lipinski definition) is 0. The quantitative estimate of drug-likeness (QED) is 0.707. The molecule has 0 spiro atoms. The van der Waals surface area contributed by atoms with Crippen LogP contribution in [0, 0.1) is 6.92 Å². The van der Waals surface area contributed by atoms with Gasteiger partial charge in [-0.25, -0.2) is 4.68 Å². The standard InChI is InChI=1S/C16H13ClN4OS/c1-10-12(9-13-15(22)20-8-7-18-16(20)23-13)14(17)21(19-10)11-5-3-2-4-6-11/h2-6,9H,7-8H2,1H3/b13-9+. The summed E-state index contributed by atoms with van der Waals surface area (Å²) in [6.45, 7) is 3.24. The Morgan fingerprint density at radius 3 is 2.83 bits per heavy atom. The van der Waals surface area contributed by atoms with Crippen LogP contribution in [0.3, 0.4) is 0 Å². The van der Waals surface area contributed by atoms with E-state index in [0.717, 1.165) is 21.7 Å². The molecule has 5 nitrogen and oxygen atoms in total. The van der Waals surface area contributed by atoms with E-state index in [9.17, 15) is 4.79 Å². The van der Waals surface area contributed by atoms with Crippen LogP contribution in [-0.4, -0.2) is 20.9 Å². The van der Waals surface area contributed by atoms with Crippen molar-refractivity contribution in [1.82, 2.24) is 14.3 Å². The lowest BCUT2D eigenvalue weighted by Crippen LogP contribution is -2.29. The largest absolute Gasteiger partial charge is 0.282 e. The maximum absolute atomic E-state index is 12.4. The van der Waals surface area contributed by atoms with Crippen molar-refractivity contribution in [1.29, 1.82) is 0 Å². The van der Waals surface area contributed by atoms with Crippen LogP contribution in [0.2, 0.25) is 5.15 Å². The average molecular weight is 345 g/mol. The zero-order chi connectivity index (χ0) is 16.0. The molecule has 116 valence electrons. The third kappa shape index (κ3) is 2.34. The molecule has 0 aliphatic carbocycles. The van der Waals surface area contributed by atoms with Crippen molar-refractivity contribution in [2.75, 3.05) is 6.54 Å². The maximum Gasteiger partial charge on any atom is 0.270 e. The molecule has 0 bridgehead atoms. The summed E-state index contributed by atoms with van der Waals surface area (Å²) in [5.74, 6) is 0. The number of aromatic nitrogens is 3. The zero-order valence-electron chi connectivity index (χ0n) is 12.4. The first kappa shape index (κ1) is 14.4. The molecule has 0 saturated carbocycles. The second-order valence-corrected chi connectivity index (χ2v) is 6.64. The van der Waals surface area contributed by atoms with Crippen molar-refractivity contribution in [3.63, 3.8) is 0 Å². The molecule has 0 saturated heterocycles. The molecule has 3 heterocycles. The highest BCUT2D eigenvalue weighted by molar-refractivity contribution is 7.07. The summed E-state index contributed by atoms with van der Waals surface area (Å²) < 4.78 is 4.04. The van der Waals surface area contributed by atoms with Crippen molar-refractivity contribution in [3.05, 3.63) is 66.4 Å². The molecule has 0 radical (unpaired) electrons. The van der Waals surface area contributed by atoms with Crippen molar-refractivity contribution in [3.8, 4) is 5.69 Å². The lowest BCUT2D eigenvalue weighted by molar-refractivity contribution is 0.740. The van der Waals surface area contributed by atoms with Gasteiger partial charge >= 0.3 is 0 Å². The fraction of sp³-hybridized carbons (Fsp3) is 0.188. The van der Waals surface area contributed by atoms with Gasteiger partial charge in [0.1, 0.15) is 5.15 Å². The number of benzene rings is 1. The highest BCUT2D eigenvalue weighted by Crippen LogP contribution is 2.23. The number of para-hydroxylation sites is 1. The van der Waals surface area contributed by atoms with Crippen molar-refractivity contribution in [2.45, 2.75) is 13.5 Å². The van der Waals surface area contributed by atoms with E-state index in [1.807, 2.05) is 43.3 Å². The van der Waals surface area contributed by atoms with Gasteiger partial charge in [-0.3, -0.25) is 14.4 Å². The molecule has 0 amide bonds. The van der Waals surface area contributed by atoms with Crippen LogP contribution in [0.5, 0.6) is 0 Å². The highest BCUT2D eigenvalue weighted by atomic mass is 35.5. The third-order valence-corrected chi connectivity index (χ3v) is 5.19. The van der Waals surface area contributed by atoms with Crippen LogP contribution in [0.1, 0.15) is 11.3 Å². The van der Waals surface area contributed by atoms with Gasteiger partial charge in [-0.1, -0.05) is 41.1 Å². The second kappa shape index (κ2) is 5.47. The first-order chi connectivity index (χ1) is 11.1. The maximum atomic E-state index is 12.4. The van der Waals surface area contributed by atoms with Gasteiger partial charge in [-0.05, 0) is 25.1 Å². The Morgan fingerprint density at radius 2 is 2.09 bits per heavy atom. The normalized spacial score (nSPS) is 14.1. The predicted molar refractivity (Wildman–Crippen MR) is 91.1 cm³/mol. The highest BCUT2D eigenvalue weighted by Gasteiger charge is 2.15. The van der Waals surface area contributed by atoms with Crippen LogP contribution < -0.4 is 14.9 Å². The predicted octanol–water partition coefficient (Wildman–Crippen LogP) is 1.52. The Bertz CT molecular complexity index is 1060. The number of thiazole rings is 1. The first-order valence-electron chi connectivity index (χ1n) is 7.21. The SMILES string of the molecule is Cc1nn(-c2ccccc2)c(Cl)c1/C=c1/sc2n(c1=O)CCN=2. The molecule has 23 heavy (non-hydrogen) atoms. The smallest absolute Gasteiger partial charge is 0.270 e. The molecule has 0 atom stereocenters. The van der Waals surface area contributed by atoms with Gasteiger partial charge in [-0.15, -0.1) is 0 Å². The number of rotatable bonds is 2. The lowest BCUT2D eigenvalue weighted by Gasteiger charge is -2.01. The lowest BCUT2D eigenvalue weighted by atomic mass is 10.2. The third-order valence-electron chi connectivity index (χ3n) is 3.78. The molecule has 0 unspecified atom stereocenters. The molecule has 3 aromatic rings. The fourth-order valence-electron chi connectivity index (χ4n) is 2.62. The van der Waals surface area contributed by atoms with Crippen LogP contribution in [0.4, 0.5) is 0 Å². The number of hydrogen-bond acceptors (Lipinski definition) is 4. The van der Waals surface area contributed by atoms with E-state index in [0.29, 0.717) is 22.8 Å². The molecule has 7 heteroatoms. The van der Waals surface area contributed by atoms with Crippen LogP contribution in [0.25, 0.3) is 11.8 Å². The van der Waals surface area contributed by atoms with E-state index in [-0.39, 0.29) is 5.56 Å². The summed E-state index contributed by atoms with van der Waals surface area (Å²) in [7, 11) is 0. The van der Waals surface area contributed by atoms with E-state index in [1.54, 1.807) is 9.25 Å². The minimum absolute atomic E-state index is 0.00539. The second-order valence-electron chi connectivity index (χ2n) is 5.27. The van der Waals surface area contributed by atoms with Crippen LogP contribution in [-0.2, 0) is 6.54 Å². The molecular formula is C16H13ClN4OS. The molecule has 0 fully saturated rings. The molecule has 4 rings (SSSR count). The Balaban J connectivity index is 1.90. The molecule has 1 aromatic carbocycles. The van der Waals surface area contributed by atoms with Gasteiger partial charge in [0, 0.05) is 12.1 Å². The van der Waals surface area contributed by atoms with E-state index in [2.05, 4.69) is 10.1 Å². The van der Waals surface area contributed by atoms with Crippen LogP contribution >= 0.6 is 22.9 Å². The molecule has 1 aliphatic heterocycles. The van der Waals surface area contributed by atoms with E-state index < -0.39 is 0 Å². The minimum Gasteiger partial charge on any atom is -0.282 e. The number of nitrogens with zero attached hydrogens (tertiary/aromatic N) is 4. The first-order valence-corrected chi connectivity index (χ1v) is 8.41. The van der Waals surface area contributed by atoms with Gasteiger partial charge < -0.3 is 0 Å². The van der Waals surface area contributed by atoms with Crippen LogP contribution in [0.15, 0.2) is 40.1 Å². The number of aryl methyl sites for hydroxylation is 1. The van der Waals surface area contributed by atoms with Gasteiger partial charge in [0.2, 0.25) is 0 Å². The number of fused-ring (bicyclic) bond motifs is 1. The summed E-state index contributed by atoms with van der Waals surface area (Å²) in [4.78, 5) is 17.5. The van der Waals surface area contributed by atoms with E-state index in [1.165, 1.54) is 11.3 Å². The summed E-state index contributed by atoms with van der Waals surface area (Å²) in [6.07, 6.45) is 1.82. The van der Waals surface area contributed by atoms with E-state index in [4.69, 9.17) is 11.6 Å². The summed E-state index contributed by atoms with van der Waals surface area (Å²) in [6, 6.07) is 9.69. The van der Waals surface area contributed by atoms with Gasteiger partial charge in [0.05, 0.1) is 22.5 Å². The van der Waals surface area contributed by atoms with E-state index >= 15 is 0 Å².